The molecule has 30 heavy (non-hydrogen) atoms. The maximum atomic E-state index is 9.08. The number of hydrogen-bond acceptors (Lipinski definition) is 5. The second kappa shape index (κ2) is 7.49. The van der Waals surface area contributed by atoms with Crippen molar-refractivity contribution in [3.05, 3.63) is 90.6 Å². The summed E-state index contributed by atoms with van der Waals surface area (Å²) in [4.78, 5) is 7.95. The Hall–Kier alpha value is -4.50. The fourth-order valence-corrected chi connectivity index (χ4v) is 3.31. The number of anilines is 2. The first-order chi connectivity index (χ1) is 14.8. The van der Waals surface area contributed by atoms with Gasteiger partial charge < -0.3 is 10.3 Å². The Morgan fingerprint density at radius 3 is 2.53 bits per heavy atom. The summed E-state index contributed by atoms with van der Waals surface area (Å²) in [5, 5.41) is 20.6. The summed E-state index contributed by atoms with van der Waals surface area (Å²) in [5.74, 6) is 0.765. The molecule has 6 heteroatoms. The van der Waals surface area contributed by atoms with Gasteiger partial charge in [0.2, 0.25) is 0 Å². The van der Waals surface area contributed by atoms with Crippen molar-refractivity contribution >= 4 is 22.4 Å². The van der Waals surface area contributed by atoms with E-state index in [1.54, 1.807) is 12.3 Å². The molecule has 142 valence electrons. The number of hydrogen-bond donors (Lipinski definition) is 2. The summed E-state index contributed by atoms with van der Waals surface area (Å²) in [6, 6.07) is 27.5. The van der Waals surface area contributed by atoms with E-state index >= 15 is 0 Å². The third-order valence-corrected chi connectivity index (χ3v) is 4.79. The van der Waals surface area contributed by atoms with Crippen molar-refractivity contribution in [2.24, 2.45) is 0 Å². The van der Waals surface area contributed by atoms with Gasteiger partial charge in [0.05, 0.1) is 28.4 Å². The fraction of sp³-hybridized carbons (Fsp3) is 0. The Balaban J connectivity index is 1.39. The lowest BCUT2D eigenvalue weighted by molar-refractivity contribution is 1.04. The quantitative estimate of drug-likeness (QED) is 0.436. The van der Waals surface area contributed by atoms with E-state index in [1.165, 1.54) is 0 Å². The lowest BCUT2D eigenvalue weighted by atomic mass is 10.1. The fourth-order valence-electron chi connectivity index (χ4n) is 3.31. The van der Waals surface area contributed by atoms with Gasteiger partial charge >= 0.3 is 0 Å². The monoisotopic (exact) mass is 388 g/mol. The summed E-state index contributed by atoms with van der Waals surface area (Å²) < 4.78 is 0. The lowest BCUT2D eigenvalue weighted by Crippen LogP contribution is -1.92. The van der Waals surface area contributed by atoms with Crippen molar-refractivity contribution in [3.63, 3.8) is 0 Å². The zero-order valence-corrected chi connectivity index (χ0v) is 15.9. The van der Waals surface area contributed by atoms with Crippen LogP contribution in [0.4, 0.5) is 11.4 Å². The second-order valence-electron chi connectivity index (χ2n) is 6.82. The van der Waals surface area contributed by atoms with Crippen LogP contribution in [0, 0.1) is 11.3 Å². The van der Waals surface area contributed by atoms with Crippen molar-refractivity contribution in [1.82, 2.24) is 20.2 Å². The number of benzene rings is 3. The SMILES string of the molecule is N#Cc1ccc2nc(-c3cccc(Nc4ccc(-c5cccnn5)cc4)c3)[nH]c2c1. The number of nitriles is 1. The average Bonchev–Trinajstić information content (AvgIpc) is 3.24. The van der Waals surface area contributed by atoms with Crippen LogP contribution in [0.3, 0.4) is 0 Å². The Bertz CT molecular complexity index is 1360. The molecule has 0 atom stereocenters. The van der Waals surface area contributed by atoms with Gasteiger partial charge in [0, 0.05) is 28.7 Å². The van der Waals surface area contributed by atoms with Gasteiger partial charge in [-0.05, 0) is 54.6 Å². The number of fused-ring (bicyclic) bond motifs is 1. The van der Waals surface area contributed by atoms with E-state index in [0.717, 1.165) is 45.1 Å². The van der Waals surface area contributed by atoms with Gasteiger partial charge in [-0.1, -0.05) is 24.3 Å². The van der Waals surface area contributed by atoms with Crippen molar-refractivity contribution in [2.45, 2.75) is 0 Å². The summed E-state index contributed by atoms with van der Waals surface area (Å²) in [5.41, 5.74) is 7.05. The minimum atomic E-state index is 0.609. The summed E-state index contributed by atoms with van der Waals surface area (Å²) >= 11 is 0. The van der Waals surface area contributed by atoms with Gasteiger partial charge in [0.15, 0.2) is 0 Å². The zero-order chi connectivity index (χ0) is 20.3. The topological polar surface area (TPSA) is 90.3 Å². The lowest BCUT2D eigenvalue weighted by Gasteiger charge is -2.08. The van der Waals surface area contributed by atoms with E-state index in [0.29, 0.717) is 5.56 Å². The van der Waals surface area contributed by atoms with E-state index < -0.39 is 0 Å². The minimum Gasteiger partial charge on any atom is -0.356 e. The van der Waals surface area contributed by atoms with Crippen LogP contribution in [0.2, 0.25) is 0 Å². The molecule has 0 spiro atoms. The number of nitrogens with zero attached hydrogens (tertiary/aromatic N) is 4. The van der Waals surface area contributed by atoms with Gasteiger partial charge in [0.1, 0.15) is 5.82 Å². The first-order valence-corrected chi connectivity index (χ1v) is 9.44. The molecule has 6 nitrogen and oxygen atoms in total. The second-order valence-corrected chi connectivity index (χ2v) is 6.82. The first-order valence-electron chi connectivity index (χ1n) is 9.44. The van der Waals surface area contributed by atoms with E-state index in [1.807, 2.05) is 72.8 Å². The highest BCUT2D eigenvalue weighted by molar-refractivity contribution is 5.81. The Labute approximate surface area is 172 Å². The van der Waals surface area contributed by atoms with Gasteiger partial charge in [-0.3, -0.25) is 0 Å². The molecule has 0 saturated carbocycles. The molecule has 5 aromatic rings. The summed E-state index contributed by atoms with van der Waals surface area (Å²) in [7, 11) is 0. The third kappa shape index (κ3) is 3.48. The van der Waals surface area contributed by atoms with Gasteiger partial charge in [-0.15, -0.1) is 0 Å². The standard InChI is InChI=1S/C24H16N6/c25-15-16-6-11-22-23(13-16)29-24(28-22)18-3-1-4-20(14-18)27-19-9-7-17(8-10-19)21-5-2-12-26-30-21/h1-14,27H,(H,28,29). The normalized spacial score (nSPS) is 10.6. The van der Waals surface area contributed by atoms with Crippen molar-refractivity contribution < 1.29 is 0 Å². The molecule has 2 aromatic heterocycles. The molecule has 0 saturated heterocycles. The highest BCUT2D eigenvalue weighted by Gasteiger charge is 2.07. The molecule has 0 amide bonds. The number of nitrogens with one attached hydrogen (secondary N) is 2. The maximum absolute atomic E-state index is 9.08. The van der Waals surface area contributed by atoms with E-state index in [9.17, 15) is 0 Å². The van der Waals surface area contributed by atoms with Crippen LogP contribution in [0.25, 0.3) is 33.7 Å². The van der Waals surface area contributed by atoms with Crippen molar-refractivity contribution in [2.75, 3.05) is 5.32 Å². The number of aromatic amines is 1. The highest BCUT2D eigenvalue weighted by Crippen LogP contribution is 2.26. The van der Waals surface area contributed by atoms with Crippen LogP contribution in [0.5, 0.6) is 0 Å². The minimum absolute atomic E-state index is 0.609. The Morgan fingerprint density at radius 1 is 0.833 bits per heavy atom. The predicted molar refractivity (Wildman–Crippen MR) is 117 cm³/mol. The Kier molecular flexibility index (Phi) is 4.39. The van der Waals surface area contributed by atoms with Crippen LogP contribution in [-0.4, -0.2) is 20.2 Å². The van der Waals surface area contributed by atoms with E-state index in [-0.39, 0.29) is 0 Å². The predicted octanol–water partition coefficient (Wildman–Crippen LogP) is 5.30. The van der Waals surface area contributed by atoms with Crippen LogP contribution in [0.1, 0.15) is 5.56 Å². The van der Waals surface area contributed by atoms with Gasteiger partial charge in [-0.2, -0.15) is 15.5 Å². The number of rotatable bonds is 4. The molecule has 0 aliphatic carbocycles. The molecule has 0 unspecified atom stereocenters. The number of aromatic nitrogens is 4. The molecule has 0 radical (unpaired) electrons. The molecule has 0 aliphatic heterocycles. The average molecular weight is 388 g/mol. The molecule has 5 rings (SSSR count). The zero-order valence-electron chi connectivity index (χ0n) is 15.9. The van der Waals surface area contributed by atoms with E-state index in [4.69, 9.17) is 5.26 Å². The molecule has 0 fully saturated rings. The summed E-state index contributed by atoms with van der Waals surface area (Å²) in [6.07, 6.45) is 1.66. The molecular formula is C24H16N6. The molecule has 3 aromatic carbocycles. The van der Waals surface area contributed by atoms with Crippen LogP contribution < -0.4 is 5.32 Å². The largest absolute Gasteiger partial charge is 0.356 e. The van der Waals surface area contributed by atoms with Gasteiger partial charge in [-0.25, -0.2) is 4.98 Å². The van der Waals surface area contributed by atoms with Crippen LogP contribution in [0.15, 0.2) is 85.1 Å². The first kappa shape index (κ1) is 17.6. The van der Waals surface area contributed by atoms with Gasteiger partial charge in [0.25, 0.3) is 0 Å². The van der Waals surface area contributed by atoms with E-state index in [2.05, 4.69) is 31.6 Å². The molecule has 0 aliphatic rings. The third-order valence-electron chi connectivity index (χ3n) is 4.79. The smallest absolute Gasteiger partial charge is 0.138 e. The summed E-state index contributed by atoms with van der Waals surface area (Å²) in [6.45, 7) is 0. The molecule has 2 N–H and O–H groups in total. The maximum Gasteiger partial charge on any atom is 0.138 e. The number of imidazole rings is 1. The highest BCUT2D eigenvalue weighted by atomic mass is 15.1. The van der Waals surface area contributed by atoms with Crippen molar-refractivity contribution in [3.8, 4) is 28.7 Å². The van der Waals surface area contributed by atoms with Crippen LogP contribution >= 0.6 is 0 Å². The molecule has 2 heterocycles. The van der Waals surface area contributed by atoms with Crippen LogP contribution in [-0.2, 0) is 0 Å². The Morgan fingerprint density at radius 2 is 1.73 bits per heavy atom. The number of H-pyrrole nitrogens is 1. The molecule has 0 bridgehead atoms. The molecular weight excluding hydrogens is 372 g/mol. The van der Waals surface area contributed by atoms with Crippen molar-refractivity contribution in [1.29, 1.82) is 5.26 Å².